The molecule has 2 aromatic rings. The lowest BCUT2D eigenvalue weighted by atomic mass is 10.2. The summed E-state index contributed by atoms with van der Waals surface area (Å²) in [5.41, 5.74) is 0.641. The van der Waals surface area contributed by atoms with Gasteiger partial charge >= 0.3 is 5.97 Å². The van der Waals surface area contributed by atoms with Gasteiger partial charge in [-0.3, -0.25) is 14.4 Å². The van der Waals surface area contributed by atoms with Gasteiger partial charge in [-0.05, 0) is 36.4 Å². The first-order chi connectivity index (χ1) is 13.3. The fourth-order valence-corrected chi connectivity index (χ4v) is 2.87. The number of carbonyl (C=O) groups excluding carboxylic acids is 4. The number of esters is 1. The second kappa shape index (κ2) is 8.24. The molecule has 0 aliphatic carbocycles. The lowest BCUT2D eigenvalue weighted by molar-refractivity contribution is -0.120. The van der Waals surface area contributed by atoms with E-state index in [0.29, 0.717) is 10.7 Å². The predicted molar refractivity (Wildman–Crippen MR) is 103 cm³/mol. The van der Waals surface area contributed by atoms with Gasteiger partial charge in [-0.2, -0.15) is 0 Å². The molecule has 0 unspecified atom stereocenters. The van der Waals surface area contributed by atoms with E-state index in [4.69, 9.17) is 27.9 Å². The van der Waals surface area contributed by atoms with Crippen molar-refractivity contribution in [2.45, 2.75) is 0 Å². The number of imide groups is 1. The molecule has 0 bridgehead atoms. The Labute approximate surface area is 169 Å². The largest absolute Gasteiger partial charge is 0.452 e. The summed E-state index contributed by atoms with van der Waals surface area (Å²) in [7, 11) is 0. The van der Waals surface area contributed by atoms with Crippen LogP contribution in [0.4, 0.5) is 11.4 Å². The second-order valence-electron chi connectivity index (χ2n) is 5.64. The molecule has 1 aliphatic rings. The molecule has 0 spiro atoms. The van der Waals surface area contributed by atoms with Crippen LogP contribution in [-0.2, 0) is 19.1 Å². The summed E-state index contributed by atoms with van der Waals surface area (Å²) >= 11 is 11.7. The predicted octanol–water partition coefficient (Wildman–Crippen LogP) is 3.22. The minimum Gasteiger partial charge on any atom is -0.452 e. The molecule has 0 saturated carbocycles. The van der Waals surface area contributed by atoms with E-state index in [9.17, 15) is 19.2 Å². The highest BCUT2D eigenvalue weighted by atomic mass is 35.5. The molecular weight excluding hydrogens is 407 g/mol. The number of anilines is 2. The van der Waals surface area contributed by atoms with Crippen molar-refractivity contribution in [2.24, 2.45) is 0 Å². The van der Waals surface area contributed by atoms with Crippen LogP contribution in [0.3, 0.4) is 0 Å². The van der Waals surface area contributed by atoms with E-state index in [1.807, 2.05) is 0 Å². The molecule has 2 aromatic carbocycles. The van der Waals surface area contributed by atoms with E-state index < -0.39 is 30.3 Å². The van der Waals surface area contributed by atoms with Gasteiger partial charge in [0.25, 0.3) is 17.7 Å². The number of hydrogen-bond donors (Lipinski definition) is 1. The van der Waals surface area contributed by atoms with Crippen molar-refractivity contribution < 1.29 is 23.9 Å². The minimum absolute atomic E-state index is 0.0855. The van der Waals surface area contributed by atoms with Gasteiger partial charge in [-0.25, -0.2) is 9.69 Å². The maximum atomic E-state index is 12.2. The van der Waals surface area contributed by atoms with E-state index in [-0.39, 0.29) is 16.3 Å². The Morgan fingerprint density at radius 2 is 1.71 bits per heavy atom. The van der Waals surface area contributed by atoms with E-state index >= 15 is 0 Å². The quantitative estimate of drug-likeness (QED) is 0.594. The summed E-state index contributed by atoms with van der Waals surface area (Å²) in [6.07, 6.45) is 2.28. The van der Waals surface area contributed by atoms with E-state index in [1.54, 1.807) is 6.07 Å². The number of hydrogen-bond acceptors (Lipinski definition) is 5. The Balaban J connectivity index is 1.62. The van der Waals surface area contributed by atoms with Crippen LogP contribution in [0.15, 0.2) is 54.6 Å². The van der Waals surface area contributed by atoms with Crippen molar-refractivity contribution in [3.63, 3.8) is 0 Å². The Bertz CT molecular complexity index is 1000. The van der Waals surface area contributed by atoms with Crippen molar-refractivity contribution in [3.05, 3.63) is 70.2 Å². The van der Waals surface area contributed by atoms with Crippen molar-refractivity contribution in [1.29, 1.82) is 0 Å². The third kappa shape index (κ3) is 4.39. The van der Waals surface area contributed by atoms with Crippen LogP contribution in [0.2, 0.25) is 10.0 Å². The molecule has 9 heteroatoms. The summed E-state index contributed by atoms with van der Waals surface area (Å²) in [6.45, 7) is -0.550. The molecule has 1 N–H and O–H groups in total. The van der Waals surface area contributed by atoms with Crippen LogP contribution in [0.5, 0.6) is 0 Å². The Hall–Kier alpha value is -3.16. The van der Waals surface area contributed by atoms with Gasteiger partial charge < -0.3 is 10.1 Å². The first-order valence-corrected chi connectivity index (χ1v) is 8.69. The number of benzene rings is 2. The monoisotopic (exact) mass is 418 g/mol. The van der Waals surface area contributed by atoms with Crippen LogP contribution in [-0.4, -0.2) is 30.3 Å². The lowest BCUT2D eigenvalue weighted by Gasteiger charge is -2.14. The van der Waals surface area contributed by atoms with Crippen molar-refractivity contribution in [1.82, 2.24) is 0 Å². The van der Waals surface area contributed by atoms with Crippen LogP contribution >= 0.6 is 23.2 Å². The van der Waals surface area contributed by atoms with Crippen molar-refractivity contribution in [2.75, 3.05) is 16.8 Å². The first-order valence-electron chi connectivity index (χ1n) is 7.93. The Kier molecular flexibility index (Phi) is 5.77. The van der Waals surface area contributed by atoms with Gasteiger partial charge in [-0.15, -0.1) is 0 Å². The van der Waals surface area contributed by atoms with Crippen molar-refractivity contribution >= 4 is 58.3 Å². The van der Waals surface area contributed by atoms with E-state index in [1.165, 1.54) is 36.4 Å². The highest BCUT2D eigenvalue weighted by molar-refractivity contribution is 6.36. The van der Waals surface area contributed by atoms with E-state index in [0.717, 1.165) is 17.1 Å². The van der Waals surface area contributed by atoms with Crippen LogP contribution in [0.1, 0.15) is 10.4 Å². The topological polar surface area (TPSA) is 92.8 Å². The zero-order valence-corrected chi connectivity index (χ0v) is 15.7. The highest BCUT2D eigenvalue weighted by Gasteiger charge is 2.25. The SMILES string of the molecule is O=C(COC(=O)c1cccc(N2C(=O)C=CC2=O)c1)Nc1ccc(Cl)cc1Cl. The van der Waals surface area contributed by atoms with Gasteiger partial charge in [0.2, 0.25) is 0 Å². The molecule has 0 fully saturated rings. The zero-order chi connectivity index (χ0) is 20.3. The maximum Gasteiger partial charge on any atom is 0.338 e. The summed E-state index contributed by atoms with van der Waals surface area (Å²) in [5.74, 6) is -2.39. The fourth-order valence-electron chi connectivity index (χ4n) is 2.42. The molecule has 0 atom stereocenters. The standard InChI is InChI=1S/C19H12Cl2N2O5/c20-12-4-5-15(14(21)9-12)22-16(24)10-28-19(27)11-2-1-3-13(8-11)23-17(25)6-7-18(23)26/h1-9H,10H2,(H,22,24). The fraction of sp³-hybridized carbons (Fsp3) is 0.0526. The van der Waals surface area contributed by atoms with Crippen LogP contribution in [0, 0.1) is 0 Å². The Morgan fingerprint density at radius 1 is 1.00 bits per heavy atom. The molecule has 1 heterocycles. The summed E-state index contributed by atoms with van der Waals surface area (Å²) < 4.78 is 4.97. The van der Waals surface area contributed by atoms with Gasteiger partial charge in [0.15, 0.2) is 6.61 Å². The number of rotatable bonds is 5. The molecule has 1 aliphatic heterocycles. The number of carbonyl (C=O) groups is 4. The average Bonchev–Trinajstić information content (AvgIpc) is 3.00. The lowest BCUT2D eigenvalue weighted by Crippen LogP contribution is -2.29. The van der Waals surface area contributed by atoms with Gasteiger partial charge in [0.05, 0.1) is 22.0 Å². The maximum absolute atomic E-state index is 12.2. The summed E-state index contributed by atoms with van der Waals surface area (Å²) in [5, 5.41) is 3.16. The molecule has 142 valence electrons. The van der Waals surface area contributed by atoms with Gasteiger partial charge in [0, 0.05) is 17.2 Å². The second-order valence-corrected chi connectivity index (χ2v) is 6.49. The first kappa shape index (κ1) is 19.6. The zero-order valence-electron chi connectivity index (χ0n) is 14.1. The summed E-state index contributed by atoms with van der Waals surface area (Å²) in [6, 6.07) is 10.3. The third-order valence-corrected chi connectivity index (χ3v) is 4.24. The van der Waals surface area contributed by atoms with Gasteiger partial charge in [0.1, 0.15) is 0 Å². The molecule has 0 radical (unpaired) electrons. The number of ether oxygens (including phenoxy) is 1. The highest BCUT2D eigenvalue weighted by Crippen LogP contribution is 2.25. The third-order valence-electron chi connectivity index (χ3n) is 3.69. The minimum atomic E-state index is -0.786. The molecule has 28 heavy (non-hydrogen) atoms. The number of halogens is 2. The van der Waals surface area contributed by atoms with Crippen LogP contribution < -0.4 is 10.2 Å². The number of amides is 3. The molecule has 7 nitrogen and oxygen atoms in total. The summed E-state index contributed by atoms with van der Waals surface area (Å²) in [4.78, 5) is 48.5. The van der Waals surface area contributed by atoms with Crippen LogP contribution in [0.25, 0.3) is 0 Å². The molecule has 3 amide bonds. The number of nitrogens with one attached hydrogen (secondary N) is 1. The van der Waals surface area contributed by atoms with Crippen molar-refractivity contribution in [3.8, 4) is 0 Å². The van der Waals surface area contributed by atoms with E-state index in [2.05, 4.69) is 5.32 Å². The molecular formula is C19H12Cl2N2O5. The van der Waals surface area contributed by atoms with Gasteiger partial charge in [-0.1, -0.05) is 29.3 Å². The molecule has 0 saturated heterocycles. The normalized spacial score (nSPS) is 13.0. The number of nitrogens with zero attached hydrogens (tertiary/aromatic N) is 1. The average molecular weight is 419 g/mol. The Morgan fingerprint density at radius 3 is 2.39 bits per heavy atom. The smallest absolute Gasteiger partial charge is 0.338 e. The molecule has 3 rings (SSSR count). The molecule has 0 aromatic heterocycles.